The molecular formula is C14H16N4. The summed E-state index contributed by atoms with van der Waals surface area (Å²) in [6.45, 7) is 3.02. The highest BCUT2D eigenvalue weighted by atomic mass is 15.3. The Morgan fingerprint density at radius 3 is 3.00 bits per heavy atom. The highest BCUT2D eigenvalue weighted by molar-refractivity contribution is 5.37. The molecular weight excluding hydrogens is 224 g/mol. The van der Waals surface area contributed by atoms with E-state index in [1.807, 2.05) is 37.6 Å². The lowest BCUT2D eigenvalue weighted by atomic mass is 10.1. The first-order chi connectivity index (χ1) is 8.84. The van der Waals surface area contributed by atoms with Crippen molar-refractivity contribution >= 4 is 5.95 Å². The summed E-state index contributed by atoms with van der Waals surface area (Å²) < 4.78 is 0. The summed E-state index contributed by atoms with van der Waals surface area (Å²) in [7, 11) is 0. The summed E-state index contributed by atoms with van der Waals surface area (Å²) in [6, 6.07) is 6.41. The molecule has 0 saturated carbocycles. The molecule has 0 aromatic carbocycles. The van der Waals surface area contributed by atoms with Crippen molar-refractivity contribution in [2.45, 2.75) is 25.8 Å². The minimum Gasteiger partial charge on any atom is -0.334 e. The van der Waals surface area contributed by atoms with Gasteiger partial charge in [0.25, 0.3) is 0 Å². The van der Waals surface area contributed by atoms with Crippen molar-refractivity contribution in [3.05, 3.63) is 48.0 Å². The van der Waals surface area contributed by atoms with Crippen molar-refractivity contribution in [1.29, 1.82) is 0 Å². The smallest absolute Gasteiger partial charge is 0.226 e. The molecule has 92 valence electrons. The molecule has 0 bridgehead atoms. The predicted molar refractivity (Wildman–Crippen MR) is 70.3 cm³/mol. The second-order valence-corrected chi connectivity index (χ2v) is 4.64. The molecule has 1 fully saturated rings. The molecule has 0 aliphatic carbocycles. The van der Waals surface area contributed by atoms with Crippen LogP contribution in [0.3, 0.4) is 0 Å². The Balaban J connectivity index is 1.92. The Labute approximate surface area is 107 Å². The number of aryl methyl sites for hydroxylation is 1. The lowest BCUT2D eigenvalue weighted by Gasteiger charge is -2.24. The number of aromatic nitrogens is 3. The van der Waals surface area contributed by atoms with E-state index in [1.165, 1.54) is 12.0 Å². The molecule has 4 heteroatoms. The molecule has 0 spiro atoms. The standard InChI is InChI=1S/C14H16N4/c1-11-6-8-16-14(17-11)18-9-3-5-13(18)12-4-2-7-15-10-12/h2,4,6-8,10,13H,3,5,9H2,1H3. The summed E-state index contributed by atoms with van der Waals surface area (Å²) in [4.78, 5) is 15.4. The number of anilines is 1. The molecule has 3 rings (SSSR count). The number of hydrogen-bond donors (Lipinski definition) is 0. The molecule has 1 aliphatic rings. The van der Waals surface area contributed by atoms with Crippen LogP contribution < -0.4 is 4.90 Å². The molecule has 1 aliphatic heterocycles. The summed E-state index contributed by atoms with van der Waals surface area (Å²) >= 11 is 0. The Morgan fingerprint density at radius 1 is 1.28 bits per heavy atom. The molecule has 4 nitrogen and oxygen atoms in total. The fourth-order valence-electron chi connectivity index (χ4n) is 2.50. The van der Waals surface area contributed by atoms with Crippen molar-refractivity contribution in [1.82, 2.24) is 15.0 Å². The normalized spacial score (nSPS) is 19.2. The van der Waals surface area contributed by atoms with Crippen LogP contribution in [0.2, 0.25) is 0 Å². The van der Waals surface area contributed by atoms with Gasteiger partial charge in [0.1, 0.15) is 0 Å². The Hall–Kier alpha value is -1.97. The number of nitrogens with zero attached hydrogens (tertiary/aromatic N) is 4. The van der Waals surface area contributed by atoms with Crippen LogP contribution in [0.4, 0.5) is 5.95 Å². The van der Waals surface area contributed by atoms with E-state index < -0.39 is 0 Å². The lowest BCUT2D eigenvalue weighted by molar-refractivity contribution is 0.697. The zero-order valence-corrected chi connectivity index (χ0v) is 10.5. The van der Waals surface area contributed by atoms with E-state index in [9.17, 15) is 0 Å². The van der Waals surface area contributed by atoms with Gasteiger partial charge in [-0.05, 0) is 37.5 Å². The first-order valence-electron chi connectivity index (χ1n) is 6.31. The van der Waals surface area contributed by atoms with Crippen molar-refractivity contribution in [3.63, 3.8) is 0 Å². The van der Waals surface area contributed by atoms with E-state index in [1.54, 1.807) is 0 Å². The van der Waals surface area contributed by atoms with E-state index in [4.69, 9.17) is 0 Å². The van der Waals surface area contributed by atoms with Crippen LogP contribution in [0.5, 0.6) is 0 Å². The van der Waals surface area contributed by atoms with Gasteiger partial charge < -0.3 is 4.90 Å². The van der Waals surface area contributed by atoms with Gasteiger partial charge in [-0.3, -0.25) is 4.98 Å². The van der Waals surface area contributed by atoms with Crippen molar-refractivity contribution in [2.24, 2.45) is 0 Å². The fourth-order valence-corrected chi connectivity index (χ4v) is 2.50. The topological polar surface area (TPSA) is 41.9 Å². The molecule has 1 unspecified atom stereocenters. The molecule has 2 aromatic rings. The van der Waals surface area contributed by atoms with Gasteiger partial charge in [0.2, 0.25) is 5.95 Å². The minimum absolute atomic E-state index is 0.362. The monoisotopic (exact) mass is 240 g/mol. The van der Waals surface area contributed by atoms with Gasteiger partial charge in [0, 0.05) is 30.8 Å². The van der Waals surface area contributed by atoms with Gasteiger partial charge in [-0.1, -0.05) is 6.07 Å². The van der Waals surface area contributed by atoms with Gasteiger partial charge in [-0.25, -0.2) is 9.97 Å². The van der Waals surface area contributed by atoms with Crippen LogP contribution in [0.1, 0.15) is 30.1 Å². The van der Waals surface area contributed by atoms with Crippen LogP contribution in [0.15, 0.2) is 36.8 Å². The molecule has 0 amide bonds. The summed E-state index contributed by atoms with van der Waals surface area (Å²) in [5, 5.41) is 0. The minimum atomic E-state index is 0.362. The predicted octanol–water partition coefficient (Wildman–Crippen LogP) is 2.52. The zero-order valence-electron chi connectivity index (χ0n) is 10.5. The highest BCUT2D eigenvalue weighted by Crippen LogP contribution is 2.33. The maximum Gasteiger partial charge on any atom is 0.226 e. The maximum atomic E-state index is 4.53. The lowest BCUT2D eigenvalue weighted by Crippen LogP contribution is -2.24. The van der Waals surface area contributed by atoms with Crippen LogP contribution >= 0.6 is 0 Å². The maximum absolute atomic E-state index is 4.53. The third-order valence-electron chi connectivity index (χ3n) is 3.36. The average Bonchev–Trinajstić information content (AvgIpc) is 2.89. The van der Waals surface area contributed by atoms with E-state index >= 15 is 0 Å². The summed E-state index contributed by atoms with van der Waals surface area (Å²) in [6.07, 6.45) is 7.90. The Morgan fingerprint density at radius 2 is 2.22 bits per heavy atom. The molecule has 1 saturated heterocycles. The van der Waals surface area contributed by atoms with Crippen molar-refractivity contribution in [3.8, 4) is 0 Å². The van der Waals surface area contributed by atoms with E-state index in [2.05, 4.69) is 25.9 Å². The van der Waals surface area contributed by atoms with Crippen LogP contribution in [0.25, 0.3) is 0 Å². The van der Waals surface area contributed by atoms with Crippen molar-refractivity contribution < 1.29 is 0 Å². The SMILES string of the molecule is Cc1ccnc(N2CCCC2c2cccnc2)n1. The van der Waals surface area contributed by atoms with Crippen LogP contribution in [0, 0.1) is 6.92 Å². The Bertz CT molecular complexity index is 526. The van der Waals surface area contributed by atoms with E-state index in [0.717, 1.165) is 24.6 Å². The number of rotatable bonds is 2. The number of hydrogen-bond acceptors (Lipinski definition) is 4. The van der Waals surface area contributed by atoms with Gasteiger partial charge in [-0.2, -0.15) is 0 Å². The fraction of sp³-hybridized carbons (Fsp3) is 0.357. The number of pyridine rings is 1. The van der Waals surface area contributed by atoms with Gasteiger partial charge in [0.15, 0.2) is 0 Å². The Kier molecular flexibility index (Phi) is 2.92. The third kappa shape index (κ3) is 2.06. The van der Waals surface area contributed by atoms with Crippen molar-refractivity contribution in [2.75, 3.05) is 11.4 Å². The average molecular weight is 240 g/mol. The molecule has 2 aromatic heterocycles. The van der Waals surface area contributed by atoms with Crippen LogP contribution in [-0.4, -0.2) is 21.5 Å². The summed E-state index contributed by atoms with van der Waals surface area (Å²) in [5.41, 5.74) is 2.26. The highest BCUT2D eigenvalue weighted by Gasteiger charge is 2.27. The first kappa shape index (κ1) is 11.1. The molecule has 1 atom stereocenters. The second-order valence-electron chi connectivity index (χ2n) is 4.64. The molecule has 0 N–H and O–H groups in total. The van der Waals surface area contributed by atoms with Gasteiger partial charge >= 0.3 is 0 Å². The summed E-state index contributed by atoms with van der Waals surface area (Å²) in [5.74, 6) is 0.835. The second kappa shape index (κ2) is 4.72. The van der Waals surface area contributed by atoms with E-state index in [-0.39, 0.29) is 0 Å². The largest absolute Gasteiger partial charge is 0.334 e. The molecule has 3 heterocycles. The van der Waals surface area contributed by atoms with Crippen LogP contribution in [-0.2, 0) is 0 Å². The molecule has 0 radical (unpaired) electrons. The quantitative estimate of drug-likeness (QED) is 0.809. The molecule has 18 heavy (non-hydrogen) atoms. The van der Waals surface area contributed by atoms with Gasteiger partial charge in [0.05, 0.1) is 6.04 Å². The van der Waals surface area contributed by atoms with Gasteiger partial charge in [-0.15, -0.1) is 0 Å². The zero-order chi connectivity index (χ0) is 12.4. The van der Waals surface area contributed by atoms with E-state index in [0.29, 0.717) is 6.04 Å². The third-order valence-corrected chi connectivity index (χ3v) is 3.36. The first-order valence-corrected chi connectivity index (χ1v) is 6.31.